The standard InChI is InChI=1S/C14H15ClN2/c1-11-4-2-6-13(15)14(11)17-9-7-12-5-3-8-16-10-12/h2-6,8,10,17H,7,9H2,1H3. The zero-order chi connectivity index (χ0) is 12.1. The molecule has 0 unspecified atom stereocenters. The third kappa shape index (κ3) is 3.21. The Morgan fingerprint density at radius 3 is 2.82 bits per heavy atom. The number of nitrogens with zero attached hydrogens (tertiary/aromatic N) is 1. The van der Waals surface area contributed by atoms with Gasteiger partial charge in [-0.05, 0) is 36.6 Å². The fraction of sp³-hybridized carbons (Fsp3) is 0.214. The van der Waals surface area contributed by atoms with Gasteiger partial charge < -0.3 is 5.32 Å². The molecule has 0 saturated carbocycles. The number of aromatic nitrogens is 1. The van der Waals surface area contributed by atoms with Crippen molar-refractivity contribution >= 4 is 17.3 Å². The van der Waals surface area contributed by atoms with Gasteiger partial charge in [0.15, 0.2) is 0 Å². The minimum atomic E-state index is 0.774. The van der Waals surface area contributed by atoms with Crippen molar-refractivity contribution in [2.24, 2.45) is 0 Å². The second kappa shape index (κ2) is 5.69. The monoisotopic (exact) mass is 246 g/mol. The fourth-order valence-electron chi connectivity index (χ4n) is 1.73. The van der Waals surface area contributed by atoms with E-state index in [0.29, 0.717) is 0 Å². The summed E-state index contributed by atoms with van der Waals surface area (Å²) in [5.74, 6) is 0. The average molecular weight is 247 g/mol. The Hall–Kier alpha value is -1.54. The van der Waals surface area contributed by atoms with Crippen LogP contribution in [0.2, 0.25) is 5.02 Å². The largest absolute Gasteiger partial charge is 0.383 e. The summed E-state index contributed by atoms with van der Waals surface area (Å²) in [7, 11) is 0. The number of pyridine rings is 1. The summed E-state index contributed by atoms with van der Waals surface area (Å²) >= 11 is 6.14. The van der Waals surface area contributed by atoms with Crippen molar-refractivity contribution in [1.82, 2.24) is 4.98 Å². The number of para-hydroxylation sites is 1. The van der Waals surface area contributed by atoms with Gasteiger partial charge in [0.2, 0.25) is 0 Å². The highest BCUT2D eigenvalue weighted by molar-refractivity contribution is 6.33. The van der Waals surface area contributed by atoms with Gasteiger partial charge in [0.25, 0.3) is 0 Å². The molecule has 2 nitrogen and oxygen atoms in total. The van der Waals surface area contributed by atoms with Crippen LogP contribution in [0.5, 0.6) is 0 Å². The molecule has 1 aromatic carbocycles. The summed E-state index contributed by atoms with van der Waals surface area (Å²) in [6.07, 6.45) is 4.62. The molecule has 0 spiro atoms. The van der Waals surface area contributed by atoms with Gasteiger partial charge in [-0.25, -0.2) is 0 Å². The summed E-state index contributed by atoms with van der Waals surface area (Å²) in [5.41, 5.74) is 3.42. The molecule has 0 amide bonds. The molecule has 2 aromatic rings. The molecular formula is C14H15ClN2. The number of anilines is 1. The van der Waals surface area contributed by atoms with Crippen molar-refractivity contribution in [2.75, 3.05) is 11.9 Å². The highest BCUT2D eigenvalue weighted by Gasteiger charge is 2.02. The van der Waals surface area contributed by atoms with E-state index in [9.17, 15) is 0 Å². The minimum absolute atomic E-state index is 0.774. The lowest BCUT2D eigenvalue weighted by molar-refractivity contribution is 1.00. The van der Waals surface area contributed by atoms with E-state index >= 15 is 0 Å². The smallest absolute Gasteiger partial charge is 0.0640 e. The second-order valence-electron chi connectivity index (χ2n) is 3.97. The molecule has 0 aliphatic rings. The van der Waals surface area contributed by atoms with E-state index in [-0.39, 0.29) is 0 Å². The first-order chi connectivity index (χ1) is 8.27. The summed E-state index contributed by atoms with van der Waals surface area (Å²) in [6, 6.07) is 9.95. The first-order valence-corrected chi connectivity index (χ1v) is 6.03. The Bertz CT molecular complexity index is 463. The van der Waals surface area contributed by atoms with Gasteiger partial charge in [0.1, 0.15) is 0 Å². The molecule has 0 fully saturated rings. The predicted molar refractivity (Wildman–Crippen MR) is 72.6 cm³/mol. The maximum atomic E-state index is 6.14. The number of halogens is 1. The number of hydrogen-bond donors (Lipinski definition) is 1. The van der Waals surface area contributed by atoms with Gasteiger partial charge in [-0.15, -0.1) is 0 Å². The van der Waals surface area contributed by atoms with Crippen LogP contribution in [0, 0.1) is 6.92 Å². The van der Waals surface area contributed by atoms with Crippen molar-refractivity contribution in [1.29, 1.82) is 0 Å². The van der Waals surface area contributed by atoms with E-state index in [1.807, 2.05) is 24.4 Å². The molecule has 0 aliphatic carbocycles. The first-order valence-electron chi connectivity index (χ1n) is 5.65. The molecule has 0 atom stereocenters. The molecule has 17 heavy (non-hydrogen) atoms. The third-order valence-electron chi connectivity index (χ3n) is 2.66. The molecule has 0 aliphatic heterocycles. The highest BCUT2D eigenvalue weighted by Crippen LogP contribution is 2.24. The van der Waals surface area contributed by atoms with E-state index in [0.717, 1.165) is 23.7 Å². The molecule has 2 rings (SSSR count). The average Bonchev–Trinajstić information content (AvgIpc) is 2.34. The lowest BCUT2D eigenvalue weighted by atomic mass is 10.2. The Morgan fingerprint density at radius 2 is 2.12 bits per heavy atom. The Balaban J connectivity index is 1.95. The number of hydrogen-bond acceptors (Lipinski definition) is 2. The summed E-state index contributed by atoms with van der Waals surface area (Å²) in [6.45, 7) is 2.91. The van der Waals surface area contributed by atoms with Crippen molar-refractivity contribution in [3.8, 4) is 0 Å². The van der Waals surface area contributed by atoms with Crippen LogP contribution in [0.4, 0.5) is 5.69 Å². The van der Waals surface area contributed by atoms with Gasteiger partial charge in [-0.2, -0.15) is 0 Å². The van der Waals surface area contributed by atoms with E-state index in [1.54, 1.807) is 6.20 Å². The molecule has 0 radical (unpaired) electrons. The van der Waals surface area contributed by atoms with Crippen molar-refractivity contribution in [3.05, 3.63) is 58.9 Å². The van der Waals surface area contributed by atoms with Crippen LogP contribution >= 0.6 is 11.6 Å². The zero-order valence-corrected chi connectivity index (χ0v) is 10.5. The highest BCUT2D eigenvalue weighted by atomic mass is 35.5. The molecule has 1 heterocycles. The second-order valence-corrected chi connectivity index (χ2v) is 4.38. The number of nitrogens with one attached hydrogen (secondary N) is 1. The number of benzene rings is 1. The summed E-state index contributed by atoms with van der Waals surface area (Å²) in [5, 5.41) is 4.14. The molecule has 1 aromatic heterocycles. The lowest BCUT2D eigenvalue weighted by Crippen LogP contribution is -2.06. The van der Waals surface area contributed by atoms with Crippen molar-refractivity contribution < 1.29 is 0 Å². The van der Waals surface area contributed by atoms with Crippen LogP contribution in [-0.2, 0) is 6.42 Å². The van der Waals surface area contributed by atoms with Crippen LogP contribution in [0.15, 0.2) is 42.7 Å². The van der Waals surface area contributed by atoms with Crippen LogP contribution in [0.3, 0.4) is 0 Å². The normalized spacial score (nSPS) is 10.2. The molecule has 0 saturated heterocycles. The lowest BCUT2D eigenvalue weighted by Gasteiger charge is -2.11. The first kappa shape index (κ1) is 11.9. The van der Waals surface area contributed by atoms with Crippen LogP contribution < -0.4 is 5.32 Å². The Kier molecular flexibility index (Phi) is 3.99. The van der Waals surface area contributed by atoms with E-state index in [2.05, 4.69) is 29.4 Å². The van der Waals surface area contributed by atoms with Gasteiger partial charge in [-0.3, -0.25) is 4.98 Å². The third-order valence-corrected chi connectivity index (χ3v) is 2.98. The zero-order valence-electron chi connectivity index (χ0n) is 9.78. The maximum Gasteiger partial charge on any atom is 0.0640 e. The van der Waals surface area contributed by atoms with Gasteiger partial charge in [0.05, 0.1) is 10.7 Å². The number of rotatable bonds is 4. The Labute approximate surface area is 107 Å². The van der Waals surface area contributed by atoms with Gasteiger partial charge in [-0.1, -0.05) is 29.8 Å². The van der Waals surface area contributed by atoms with Crippen molar-refractivity contribution in [2.45, 2.75) is 13.3 Å². The number of aryl methyl sites for hydroxylation is 1. The van der Waals surface area contributed by atoms with Crippen LogP contribution in [-0.4, -0.2) is 11.5 Å². The quantitative estimate of drug-likeness (QED) is 0.890. The maximum absolute atomic E-state index is 6.14. The van der Waals surface area contributed by atoms with Gasteiger partial charge >= 0.3 is 0 Å². The Morgan fingerprint density at radius 1 is 1.24 bits per heavy atom. The van der Waals surface area contributed by atoms with Crippen LogP contribution in [0.1, 0.15) is 11.1 Å². The summed E-state index contributed by atoms with van der Waals surface area (Å²) in [4.78, 5) is 4.09. The van der Waals surface area contributed by atoms with E-state index in [4.69, 9.17) is 11.6 Å². The predicted octanol–water partition coefficient (Wildman–Crippen LogP) is 3.70. The van der Waals surface area contributed by atoms with Crippen LogP contribution in [0.25, 0.3) is 0 Å². The molecule has 0 bridgehead atoms. The molecule has 3 heteroatoms. The molecule has 1 N–H and O–H groups in total. The minimum Gasteiger partial charge on any atom is -0.383 e. The van der Waals surface area contributed by atoms with E-state index in [1.165, 1.54) is 11.1 Å². The molecular weight excluding hydrogens is 232 g/mol. The SMILES string of the molecule is Cc1cccc(Cl)c1NCCc1cccnc1. The van der Waals surface area contributed by atoms with Crippen molar-refractivity contribution in [3.63, 3.8) is 0 Å². The topological polar surface area (TPSA) is 24.9 Å². The fourth-order valence-corrected chi connectivity index (χ4v) is 2.02. The van der Waals surface area contributed by atoms with E-state index < -0.39 is 0 Å². The van der Waals surface area contributed by atoms with Gasteiger partial charge in [0, 0.05) is 18.9 Å². The molecule has 88 valence electrons. The summed E-state index contributed by atoms with van der Waals surface area (Å²) < 4.78 is 0.